The van der Waals surface area contributed by atoms with Crippen LogP contribution in [0, 0.1) is 10.5 Å². The van der Waals surface area contributed by atoms with E-state index in [4.69, 9.17) is 1.37 Å². The second kappa shape index (κ2) is 22.8. The fraction of sp³-hybridized carbons (Fsp3) is 0.304. The van der Waals surface area contributed by atoms with Crippen molar-refractivity contribution in [3.63, 3.8) is 0 Å². The van der Waals surface area contributed by atoms with E-state index in [1.807, 2.05) is 6.92 Å². The van der Waals surface area contributed by atoms with E-state index in [1.165, 1.54) is 22.6 Å². The molecule has 0 saturated heterocycles. The molecule has 2 rings (SSSR count). The van der Waals surface area contributed by atoms with Gasteiger partial charge in [0.15, 0.2) is 7.65 Å². The molecule has 13 heteroatoms. The minimum atomic E-state index is -4.27. The smallest absolute Gasteiger partial charge is 0.409 e. The molecule has 3 nitrogen and oxygen atoms in total. The molecule has 0 fully saturated rings. The second-order valence-electron chi connectivity index (χ2n) is 5.95. The average Bonchev–Trinajstić information content (AvgIpc) is 2.72. The van der Waals surface area contributed by atoms with Crippen LogP contribution >= 0.6 is 0 Å². The number of hydrogen-bond acceptors (Lipinski definition) is 3. The van der Waals surface area contributed by atoms with Crippen LogP contribution in [-0.4, -0.2) is 32.5 Å². The molecule has 0 heterocycles. The molecule has 0 unspecified atom stereocenters. The van der Waals surface area contributed by atoms with E-state index < -0.39 is 29.6 Å². The van der Waals surface area contributed by atoms with Crippen molar-refractivity contribution in [1.82, 2.24) is 0 Å². The van der Waals surface area contributed by atoms with Crippen LogP contribution in [0.25, 0.3) is 0 Å². The van der Waals surface area contributed by atoms with Crippen LogP contribution in [0.3, 0.4) is 0 Å². The topological polar surface area (TPSA) is 57.2 Å². The number of aryl methyl sites for hydroxylation is 1. The van der Waals surface area contributed by atoms with Crippen LogP contribution in [0.2, 0.25) is 0 Å². The summed E-state index contributed by atoms with van der Waals surface area (Å²) in [6, 6.07) is 16.4. The fourth-order valence-corrected chi connectivity index (χ4v) is 3.59. The van der Waals surface area contributed by atoms with Crippen LogP contribution in [0.4, 0.5) is 30.7 Å². The van der Waals surface area contributed by atoms with Crippen molar-refractivity contribution in [2.75, 3.05) is 7.15 Å². The zero-order valence-corrected chi connectivity index (χ0v) is 23.6. The molecule has 0 aromatic heterocycles. The van der Waals surface area contributed by atoms with Crippen LogP contribution < -0.4 is 21.2 Å². The summed E-state index contributed by atoms with van der Waals surface area (Å²) in [7, 11) is -5.27. The van der Waals surface area contributed by atoms with Gasteiger partial charge in [0.05, 0.1) is 13.4 Å². The summed E-state index contributed by atoms with van der Waals surface area (Å²) >= 11 is 0.146. The molecule has 0 amide bonds. The summed E-state index contributed by atoms with van der Waals surface area (Å²) in [4.78, 5) is -0.178. The maximum atomic E-state index is 11.0. The third-order valence-corrected chi connectivity index (χ3v) is 6.08. The monoisotopic (exact) mass is 706 g/mol. The maximum Gasteiger partial charge on any atom is 0.409 e. The number of halogens is 8. The van der Waals surface area contributed by atoms with Gasteiger partial charge < -0.3 is 4.55 Å². The molecule has 2 aromatic rings. The molecular weight excluding hydrogens is 678 g/mol. The molecule has 0 aliphatic rings. The van der Waals surface area contributed by atoms with Crippen LogP contribution in [0.5, 0.6) is 0 Å². The molecule has 0 aliphatic heterocycles. The van der Waals surface area contributed by atoms with Crippen molar-refractivity contribution in [2.24, 2.45) is 0 Å². The Hall–Kier alpha value is -1.41. The Balaban J connectivity index is -0.000000194. The summed E-state index contributed by atoms with van der Waals surface area (Å²) in [6.45, 7) is 5.41. The fourth-order valence-electron chi connectivity index (χ4n) is 1.52. The van der Waals surface area contributed by atoms with Gasteiger partial charge in [0.2, 0.25) is 0 Å². The van der Waals surface area contributed by atoms with E-state index in [-0.39, 0.29) is 56.2 Å². The zero-order valence-electron chi connectivity index (χ0n) is 20.7. The minimum Gasteiger partial charge on any atom is -0.744 e. The van der Waals surface area contributed by atoms with Gasteiger partial charge >= 0.3 is 33.6 Å². The summed E-state index contributed by atoms with van der Waals surface area (Å²) in [5, 5.41) is 0. The first-order chi connectivity index (χ1) is 16.4. The third-order valence-electron chi connectivity index (χ3n) is 2.71. The quantitative estimate of drug-likeness (QED) is 0.154. The van der Waals surface area contributed by atoms with Gasteiger partial charge in [0.25, 0.3) is 0 Å². The summed E-state index contributed by atoms with van der Waals surface area (Å²) < 4.78 is 114. The number of hydrogen-bond donors (Lipinski definition) is 0. The van der Waals surface area contributed by atoms with Crippen molar-refractivity contribution in [2.45, 2.75) is 44.9 Å². The number of alkyl halides is 7. The van der Waals surface area contributed by atoms with E-state index in [0.29, 0.717) is 0 Å². The Morgan fingerprint density at radius 1 is 0.917 bits per heavy atom. The van der Waals surface area contributed by atoms with Gasteiger partial charge in [-0.3, -0.25) is 4.39 Å². The summed E-state index contributed by atoms with van der Waals surface area (Å²) in [6.07, 6.45) is -4.86. The van der Waals surface area contributed by atoms with E-state index in [2.05, 4.69) is 47.4 Å². The average molecular weight is 707 g/mol. The largest absolute Gasteiger partial charge is 0.744 e. The van der Waals surface area contributed by atoms with Gasteiger partial charge in [-0.2, -0.15) is 26.3 Å². The number of rotatable bonds is 3. The molecule has 36 heavy (non-hydrogen) atoms. The van der Waals surface area contributed by atoms with E-state index in [9.17, 15) is 43.7 Å². The Morgan fingerprint density at radius 3 is 1.61 bits per heavy atom. The molecule has 0 bridgehead atoms. The molecule has 211 valence electrons. The predicted octanol–water partition coefficient (Wildman–Crippen LogP) is 4.65. The summed E-state index contributed by atoms with van der Waals surface area (Å²) in [5.41, 5.74) is 0.928. The standard InChI is InChI=1S/C9H10I.C7H8O3S.C4H5F3.C2H3F3.CH3F.Cu/c1-2-8-10-9-6-4-3-5-7-9;1-6-2-4-7(5-3-6)11(8,9)10;1-2-3-4(5,6)7;1-2(3,4)5;1-2;/h2-8H,1H3;2-5H,1H3,(H,8,9,10);2-3H,1H3;1H3;1H3;/q+1;;;;;/p-1/b8-2+;;3-2+;;;/i;;4-1;2-1;1D;. The van der Waals surface area contributed by atoms with Gasteiger partial charge in [0.1, 0.15) is 10.1 Å². The van der Waals surface area contributed by atoms with Crippen molar-refractivity contribution in [1.29, 1.82) is 0 Å². The molecule has 0 aliphatic carbocycles. The first-order valence-corrected chi connectivity index (χ1v) is 13.1. The van der Waals surface area contributed by atoms with Crippen LogP contribution in [-0.2, 0) is 27.2 Å². The van der Waals surface area contributed by atoms with Crippen molar-refractivity contribution >= 4 is 10.1 Å². The van der Waals surface area contributed by atoms with Gasteiger partial charge in [-0.15, -0.1) is 0 Å². The molecule has 2 aromatic carbocycles. The molecular formula is C23H28CuF7IO3S. The molecule has 1 radical (unpaired) electrons. The molecule has 0 atom stereocenters. The SMILES string of the molecule is C/C=C/[11C](F)(F)F.C/C=C/[I+]c1ccccc1.C[11C](F)(F)F.Cc1ccc(S(=O)(=O)[O-])cc1.[2H]CF.[Cu]. The molecule has 0 N–H and O–H groups in total. The second-order valence-corrected chi connectivity index (χ2v) is 9.92. The maximum absolute atomic E-state index is 11.0. The first-order valence-electron chi connectivity index (χ1n) is 10.1. The number of benzene rings is 2. The normalized spacial score (nSPS) is 11.2. The van der Waals surface area contributed by atoms with Crippen molar-refractivity contribution in [3.8, 4) is 0 Å². The minimum absolute atomic E-state index is 0. The van der Waals surface area contributed by atoms with E-state index in [0.717, 1.165) is 11.6 Å². The van der Waals surface area contributed by atoms with Crippen molar-refractivity contribution < 1.29 is 83.3 Å². The number of allylic oxidation sites excluding steroid dienone is 3. The Kier molecular flexibility index (Phi) is 24.7. The van der Waals surface area contributed by atoms with Crippen LogP contribution in [0.15, 0.2) is 81.8 Å². The molecule has 0 saturated carbocycles. The zero-order chi connectivity index (χ0) is 28.8. The van der Waals surface area contributed by atoms with Gasteiger partial charge in [0, 0.05) is 30.1 Å². The van der Waals surface area contributed by atoms with Crippen LogP contribution in [0.1, 0.15) is 27.7 Å². The Labute approximate surface area is 230 Å². The van der Waals surface area contributed by atoms with E-state index in [1.54, 1.807) is 12.1 Å². The third kappa shape index (κ3) is 34.8. The van der Waals surface area contributed by atoms with Gasteiger partial charge in [-0.05, 0) is 51.1 Å². The Bertz CT molecular complexity index is 947. The van der Waals surface area contributed by atoms with E-state index >= 15 is 0 Å². The summed E-state index contributed by atoms with van der Waals surface area (Å²) in [5.74, 6) is 0. The van der Waals surface area contributed by atoms with Gasteiger partial charge in [-0.1, -0.05) is 42.0 Å². The first kappa shape index (κ1) is 39.1. The molecule has 0 spiro atoms. The Morgan fingerprint density at radius 2 is 1.33 bits per heavy atom. The predicted molar refractivity (Wildman–Crippen MR) is 119 cm³/mol. The van der Waals surface area contributed by atoms with Crippen molar-refractivity contribution in [3.05, 3.63) is 86.0 Å². The van der Waals surface area contributed by atoms with Gasteiger partial charge in [-0.25, -0.2) is 8.42 Å².